The van der Waals surface area contributed by atoms with Crippen LogP contribution in [-0.4, -0.2) is 35.1 Å². The Bertz CT molecular complexity index is 574. The molecule has 5 unspecified atom stereocenters. The van der Waals surface area contributed by atoms with Crippen LogP contribution in [0.5, 0.6) is 0 Å². The highest BCUT2D eigenvalue weighted by atomic mass is 16.5. The summed E-state index contributed by atoms with van der Waals surface area (Å²) in [5, 5.41) is 3.47. The van der Waals surface area contributed by atoms with E-state index in [9.17, 15) is 4.79 Å². The summed E-state index contributed by atoms with van der Waals surface area (Å²) in [6.07, 6.45) is 3.82. The van der Waals surface area contributed by atoms with Crippen LogP contribution in [0.3, 0.4) is 0 Å². The topological polar surface area (TPSA) is 41.6 Å². The van der Waals surface area contributed by atoms with Crippen molar-refractivity contribution < 1.29 is 9.53 Å². The normalized spacial score (nSPS) is 38.5. The maximum atomic E-state index is 12.7. The Hall–Kier alpha value is -1.39. The highest BCUT2D eigenvalue weighted by Crippen LogP contribution is 2.41. The largest absolute Gasteiger partial charge is 0.373 e. The Labute approximate surface area is 125 Å². The molecule has 1 aromatic carbocycles. The molecule has 0 radical (unpaired) electrons. The summed E-state index contributed by atoms with van der Waals surface area (Å²) in [6.45, 7) is 4.07. The van der Waals surface area contributed by atoms with Gasteiger partial charge in [-0.05, 0) is 44.2 Å². The molecule has 3 aliphatic heterocycles. The van der Waals surface area contributed by atoms with Gasteiger partial charge in [0.15, 0.2) is 0 Å². The van der Waals surface area contributed by atoms with Crippen molar-refractivity contribution in [3.63, 3.8) is 0 Å². The van der Waals surface area contributed by atoms with E-state index >= 15 is 0 Å². The van der Waals surface area contributed by atoms with E-state index in [-0.39, 0.29) is 30.3 Å². The van der Waals surface area contributed by atoms with E-state index < -0.39 is 0 Å². The van der Waals surface area contributed by atoms with Crippen LogP contribution in [0.15, 0.2) is 24.3 Å². The van der Waals surface area contributed by atoms with E-state index in [0.717, 1.165) is 19.3 Å². The van der Waals surface area contributed by atoms with Crippen molar-refractivity contribution in [1.29, 1.82) is 0 Å². The molecule has 4 nitrogen and oxygen atoms in total. The summed E-state index contributed by atoms with van der Waals surface area (Å²) in [5.41, 5.74) is 2.43. The molecule has 4 heteroatoms. The average molecular weight is 286 g/mol. The van der Waals surface area contributed by atoms with Gasteiger partial charge in [0, 0.05) is 0 Å². The predicted octanol–water partition coefficient (Wildman–Crippen LogP) is 2.13. The third-order valence-corrected chi connectivity index (χ3v) is 5.23. The van der Waals surface area contributed by atoms with Crippen molar-refractivity contribution in [2.45, 2.75) is 63.6 Å². The first-order valence-corrected chi connectivity index (χ1v) is 7.94. The maximum absolute atomic E-state index is 12.7. The van der Waals surface area contributed by atoms with Gasteiger partial charge in [-0.3, -0.25) is 10.1 Å². The van der Waals surface area contributed by atoms with Crippen molar-refractivity contribution in [3.05, 3.63) is 35.4 Å². The van der Waals surface area contributed by atoms with E-state index in [1.807, 2.05) is 19.1 Å². The maximum Gasteiger partial charge on any atom is 0.241 e. The zero-order valence-corrected chi connectivity index (χ0v) is 12.6. The molecule has 0 saturated carbocycles. The first kappa shape index (κ1) is 13.3. The molecule has 21 heavy (non-hydrogen) atoms. The number of ether oxygens (including phenoxy) is 1. The average Bonchev–Trinajstić information content (AvgIpc) is 3.15. The minimum atomic E-state index is -0.117. The monoisotopic (exact) mass is 286 g/mol. The van der Waals surface area contributed by atoms with Gasteiger partial charge in [-0.25, -0.2) is 0 Å². The van der Waals surface area contributed by atoms with E-state index in [0.29, 0.717) is 6.10 Å². The lowest BCUT2D eigenvalue weighted by Crippen LogP contribution is -2.45. The van der Waals surface area contributed by atoms with Crippen LogP contribution in [0.2, 0.25) is 0 Å². The van der Waals surface area contributed by atoms with Gasteiger partial charge in [-0.2, -0.15) is 0 Å². The summed E-state index contributed by atoms with van der Waals surface area (Å²) in [5.74, 6) is 0.212. The molecule has 3 heterocycles. The number of fused-ring (bicyclic) bond motifs is 2. The number of aryl methyl sites for hydroxylation is 1. The molecule has 3 fully saturated rings. The fraction of sp³-hybridized carbons (Fsp3) is 0.588. The van der Waals surface area contributed by atoms with Crippen molar-refractivity contribution in [2.75, 3.05) is 0 Å². The number of amides is 1. The number of hydrogen-bond donors (Lipinski definition) is 1. The second kappa shape index (κ2) is 4.82. The molecular weight excluding hydrogens is 264 g/mol. The Morgan fingerprint density at radius 1 is 1.29 bits per heavy atom. The van der Waals surface area contributed by atoms with Gasteiger partial charge < -0.3 is 9.64 Å². The number of nitrogens with one attached hydrogen (secondary N) is 1. The number of carbonyl (C=O) groups is 1. The Morgan fingerprint density at radius 2 is 2.10 bits per heavy atom. The molecule has 3 saturated heterocycles. The van der Waals surface area contributed by atoms with Crippen LogP contribution in [-0.2, 0) is 9.53 Å². The summed E-state index contributed by atoms with van der Waals surface area (Å²) in [7, 11) is 0. The summed E-state index contributed by atoms with van der Waals surface area (Å²) in [4.78, 5) is 14.7. The van der Waals surface area contributed by atoms with E-state index in [1.165, 1.54) is 11.1 Å². The molecular formula is C17H22N2O2. The highest BCUT2D eigenvalue weighted by molar-refractivity contribution is 5.84. The minimum Gasteiger partial charge on any atom is -0.373 e. The van der Waals surface area contributed by atoms with Crippen molar-refractivity contribution in [3.8, 4) is 0 Å². The second-order valence-electron chi connectivity index (χ2n) is 6.57. The molecule has 1 amide bonds. The Kier molecular flexibility index (Phi) is 3.05. The molecule has 112 valence electrons. The van der Waals surface area contributed by atoms with Gasteiger partial charge in [0.2, 0.25) is 5.91 Å². The molecule has 0 spiro atoms. The number of rotatable bonds is 2. The molecule has 0 aromatic heterocycles. The number of hydrogen-bond acceptors (Lipinski definition) is 3. The van der Waals surface area contributed by atoms with E-state index in [4.69, 9.17) is 4.74 Å². The van der Waals surface area contributed by atoms with Crippen LogP contribution in [0.1, 0.15) is 43.5 Å². The van der Waals surface area contributed by atoms with Gasteiger partial charge in [0.05, 0.1) is 24.3 Å². The van der Waals surface area contributed by atoms with Gasteiger partial charge in [-0.15, -0.1) is 0 Å². The molecule has 5 atom stereocenters. The SMILES string of the molecule is Cc1ccccc1C1NC(C)C(=O)N1C1CC2CCC1O2. The lowest BCUT2D eigenvalue weighted by molar-refractivity contribution is -0.133. The van der Waals surface area contributed by atoms with Gasteiger partial charge >= 0.3 is 0 Å². The highest BCUT2D eigenvalue weighted by Gasteiger charge is 2.50. The third-order valence-electron chi connectivity index (χ3n) is 5.23. The zero-order chi connectivity index (χ0) is 14.6. The van der Waals surface area contributed by atoms with Gasteiger partial charge in [0.25, 0.3) is 0 Å². The van der Waals surface area contributed by atoms with E-state index in [2.05, 4.69) is 29.3 Å². The Morgan fingerprint density at radius 3 is 2.76 bits per heavy atom. The molecule has 0 aliphatic carbocycles. The minimum absolute atomic E-state index is 0.0124. The lowest BCUT2D eigenvalue weighted by atomic mass is 9.93. The fourth-order valence-corrected chi connectivity index (χ4v) is 4.13. The first-order valence-electron chi connectivity index (χ1n) is 7.94. The summed E-state index contributed by atoms with van der Waals surface area (Å²) < 4.78 is 5.97. The molecule has 1 aromatic rings. The van der Waals surface area contributed by atoms with Crippen molar-refractivity contribution in [1.82, 2.24) is 10.2 Å². The summed E-state index contributed by atoms with van der Waals surface area (Å²) >= 11 is 0. The van der Waals surface area contributed by atoms with Crippen LogP contribution < -0.4 is 5.32 Å². The van der Waals surface area contributed by atoms with Gasteiger partial charge in [-0.1, -0.05) is 24.3 Å². The predicted molar refractivity (Wildman–Crippen MR) is 79.7 cm³/mol. The van der Waals surface area contributed by atoms with E-state index in [1.54, 1.807) is 0 Å². The number of benzene rings is 1. The van der Waals surface area contributed by atoms with Crippen molar-refractivity contribution in [2.24, 2.45) is 0 Å². The quantitative estimate of drug-likeness (QED) is 0.905. The standard InChI is InChI=1S/C17H22N2O2/c1-10-5-3-4-6-13(10)16-18-11(2)17(20)19(16)14-9-12-7-8-15(14)21-12/h3-6,11-12,14-16,18H,7-9H2,1-2H3. The third kappa shape index (κ3) is 2.00. The molecule has 2 bridgehead atoms. The number of carbonyl (C=O) groups excluding carboxylic acids is 1. The molecule has 4 rings (SSSR count). The molecule has 1 N–H and O–H groups in total. The second-order valence-corrected chi connectivity index (χ2v) is 6.57. The van der Waals surface area contributed by atoms with Crippen molar-refractivity contribution >= 4 is 5.91 Å². The molecule has 3 aliphatic rings. The summed E-state index contributed by atoms with van der Waals surface area (Å²) in [6, 6.07) is 8.45. The van der Waals surface area contributed by atoms with Crippen LogP contribution in [0.25, 0.3) is 0 Å². The smallest absolute Gasteiger partial charge is 0.241 e. The van der Waals surface area contributed by atoms with Gasteiger partial charge in [0.1, 0.15) is 6.17 Å². The zero-order valence-electron chi connectivity index (χ0n) is 12.6. The van der Waals surface area contributed by atoms with Crippen LogP contribution in [0, 0.1) is 6.92 Å². The first-order chi connectivity index (χ1) is 10.1. The van der Waals surface area contributed by atoms with Crippen LogP contribution >= 0.6 is 0 Å². The lowest BCUT2D eigenvalue weighted by Gasteiger charge is -2.34. The van der Waals surface area contributed by atoms with Crippen LogP contribution in [0.4, 0.5) is 0 Å². The Balaban J connectivity index is 1.69. The fourth-order valence-electron chi connectivity index (χ4n) is 4.13. The number of nitrogens with zero attached hydrogens (tertiary/aromatic N) is 1.